The molecule has 0 heterocycles. The fourth-order valence-electron chi connectivity index (χ4n) is 1.12. The quantitative estimate of drug-likeness (QED) is 0.676. The number of rotatable bonds is 3. The number of hydrogen-bond acceptors (Lipinski definition) is 2. The molecule has 0 spiro atoms. The van der Waals surface area contributed by atoms with E-state index in [0.717, 1.165) is 16.7 Å². The fraction of sp³-hybridized carbons (Fsp3) is 0.273. The standard InChI is InChI=1S/C11H14N2/c1-8(2)10-4-6-11(7-5-10)9(3)13-12/h4-7,9,12H,1H2,2-3H3. The van der Waals surface area contributed by atoms with Gasteiger partial charge in [0.1, 0.15) is 0 Å². The van der Waals surface area contributed by atoms with E-state index in [1.54, 1.807) is 0 Å². The molecule has 1 atom stereocenters. The molecule has 13 heavy (non-hydrogen) atoms. The minimum atomic E-state index is -0.0424. The zero-order valence-electron chi connectivity index (χ0n) is 8.04. The summed E-state index contributed by atoms with van der Waals surface area (Å²) in [5, 5.41) is 3.46. The summed E-state index contributed by atoms with van der Waals surface area (Å²) < 4.78 is 0. The first-order chi connectivity index (χ1) is 6.15. The molecule has 2 nitrogen and oxygen atoms in total. The van der Waals surface area contributed by atoms with Crippen LogP contribution in [0.4, 0.5) is 0 Å². The van der Waals surface area contributed by atoms with Crippen molar-refractivity contribution in [2.75, 3.05) is 0 Å². The third-order valence-corrected chi connectivity index (χ3v) is 2.08. The minimum Gasteiger partial charge on any atom is -0.209 e. The Labute approximate surface area is 78.8 Å². The van der Waals surface area contributed by atoms with Crippen LogP contribution in [0.1, 0.15) is 31.0 Å². The number of nitrogens with zero attached hydrogens (tertiary/aromatic N) is 1. The van der Waals surface area contributed by atoms with Crippen LogP contribution in [-0.2, 0) is 0 Å². The van der Waals surface area contributed by atoms with E-state index < -0.39 is 0 Å². The predicted octanol–water partition coefficient (Wildman–Crippen LogP) is 3.81. The summed E-state index contributed by atoms with van der Waals surface area (Å²) in [6.45, 7) is 7.74. The monoisotopic (exact) mass is 174 g/mol. The lowest BCUT2D eigenvalue weighted by molar-refractivity contribution is 0.734. The first kappa shape index (κ1) is 9.65. The van der Waals surface area contributed by atoms with Crippen LogP contribution in [0.5, 0.6) is 0 Å². The van der Waals surface area contributed by atoms with Gasteiger partial charge in [0.2, 0.25) is 0 Å². The van der Waals surface area contributed by atoms with Gasteiger partial charge >= 0.3 is 0 Å². The summed E-state index contributed by atoms with van der Waals surface area (Å²) in [4.78, 5) is 0. The molecule has 0 saturated carbocycles. The molecule has 1 rings (SSSR count). The van der Waals surface area contributed by atoms with Crippen molar-refractivity contribution >= 4 is 5.57 Å². The molecule has 0 saturated heterocycles. The van der Waals surface area contributed by atoms with Crippen LogP contribution in [-0.4, -0.2) is 0 Å². The molecule has 1 unspecified atom stereocenters. The Balaban J connectivity index is 2.93. The number of allylic oxidation sites excluding steroid dienone is 1. The van der Waals surface area contributed by atoms with E-state index >= 15 is 0 Å². The Bertz CT molecular complexity index is 311. The van der Waals surface area contributed by atoms with E-state index in [-0.39, 0.29) is 6.04 Å². The Morgan fingerprint density at radius 3 is 2.31 bits per heavy atom. The fourth-order valence-corrected chi connectivity index (χ4v) is 1.12. The summed E-state index contributed by atoms with van der Waals surface area (Å²) in [7, 11) is 0. The van der Waals surface area contributed by atoms with Crippen molar-refractivity contribution in [3.05, 3.63) is 42.0 Å². The molecule has 0 aliphatic carbocycles. The van der Waals surface area contributed by atoms with Gasteiger partial charge in [-0.2, -0.15) is 5.11 Å². The van der Waals surface area contributed by atoms with Gasteiger partial charge in [0.05, 0.1) is 6.04 Å². The van der Waals surface area contributed by atoms with E-state index in [2.05, 4.69) is 11.7 Å². The molecule has 1 aromatic rings. The van der Waals surface area contributed by atoms with Gasteiger partial charge in [-0.1, -0.05) is 36.4 Å². The SMILES string of the molecule is C=C(C)c1ccc(C(C)N=N)cc1. The highest BCUT2D eigenvalue weighted by Gasteiger charge is 2.02. The predicted molar refractivity (Wildman–Crippen MR) is 54.7 cm³/mol. The van der Waals surface area contributed by atoms with Gasteiger partial charge in [-0.3, -0.25) is 0 Å². The third kappa shape index (κ3) is 2.25. The van der Waals surface area contributed by atoms with E-state index in [1.807, 2.05) is 38.1 Å². The summed E-state index contributed by atoms with van der Waals surface area (Å²) >= 11 is 0. The average Bonchev–Trinajstić information content (AvgIpc) is 2.17. The Morgan fingerprint density at radius 1 is 1.38 bits per heavy atom. The van der Waals surface area contributed by atoms with Gasteiger partial charge in [-0.15, -0.1) is 0 Å². The Kier molecular flexibility index (Phi) is 2.96. The normalized spacial score (nSPS) is 12.2. The molecule has 1 N–H and O–H groups in total. The molecule has 0 aliphatic rings. The maximum atomic E-state index is 6.89. The van der Waals surface area contributed by atoms with Crippen LogP contribution >= 0.6 is 0 Å². The average molecular weight is 174 g/mol. The number of hydrogen-bond donors (Lipinski definition) is 1. The molecule has 68 valence electrons. The molecule has 0 radical (unpaired) electrons. The van der Waals surface area contributed by atoms with Crippen LogP contribution < -0.4 is 0 Å². The Hall–Kier alpha value is -1.44. The molecule has 0 bridgehead atoms. The summed E-state index contributed by atoms with van der Waals surface area (Å²) in [6.07, 6.45) is 0. The lowest BCUT2D eigenvalue weighted by Gasteiger charge is -2.05. The topological polar surface area (TPSA) is 36.2 Å². The second-order valence-electron chi connectivity index (χ2n) is 3.21. The molecule has 0 fully saturated rings. The second kappa shape index (κ2) is 3.99. The van der Waals surface area contributed by atoms with Crippen molar-refractivity contribution in [2.24, 2.45) is 5.11 Å². The number of nitrogens with one attached hydrogen (secondary N) is 1. The van der Waals surface area contributed by atoms with Gasteiger partial charge in [-0.05, 0) is 25.0 Å². The van der Waals surface area contributed by atoms with Crippen molar-refractivity contribution in [1.82, 2.24) is 0 Å². The summed E-state index contributed by atoms with van der Waals surface area (Å²) in [5.74, 6) is 0. The van der Waals surface area contributed by atoms with Crippen LogP contribution in [0.25, 0.3) is 5.57 Å². The van der Waals surface area contributed by atoms with E-state index in [4.69, 9.17) is 5.53 Å². The van der Waals surface area contributed by atoms with Gasteiger partial charge in [0.15, 0.2) is 0 Å². The van der Waals surface area contributed by atoms with Gasteiger partial charge in [0.25, 0.3) is 0 Å². The Morgan fingerprint density at radius 2 is 1.92 bits per heavy atom. The van der Waals surface area contributed by atoms with Crippen LogP contribution in [0.2, 0.25) is 0 Å². The first-order valence-electron chi connectivity index (χ1n) is 4.27. The minimum absolute atomic E-state index is 0.0424. The van der Waals surface area contributed by atoms with Crippen molar-refractivity contribution < 1.29 is 0 Å². The molecule has 0 amide bonds. The summed E-state index contributed by atoms with van der Waals surface area (Å²) in [6, 6.07) is 7.97. The molecular formula is C11H14N2. The lowest BCUT2D eigenvalue weighted by atomic mass is 10.0. The smallest absolute Gasteiger partial charge is 0.0927 e. The highest BCUT2D eigenvalue weighted by atomic mass is 15.0. The van der Waals surface area contributed by atoms with Gasteiger partial charge in [0, 0.05) is 0 Å². The van der Waals surface area contributed by atoms with Crippen LogP contribution in [0.3, 0.4) is 0 Å². The lowest BCUT2D eigenvalue weighted by Crippen LogP contribution is -1.88. The molecule has 2 heteroatoms. The zero-order valence-corrected chi connectivity index (χ0v) is 8.04. The van der Waals surface area contributed by atoms with E-state index in [9.17, 15) is 0 Å². The maximum absolute atomic E-state index is 6.89. The van der Waals surface area contributed by atoms with Crippen molar-refractivity contribution in [1.29, 1.82) is 5.53 Å². The zero-order chi connectivity index (χ0) is 9.84. The van der Waals surface area contributed by atoms with Gasteiger partial charge < -0.3 is 0 Å². The third-order valence-electron chi connectivity index (χ3n) is 2.08. The highest BCUT2D eigenvalue weighted by Crippen LogP contribution is 2.19. The van der Waals surface area contributed by atoms with E-state index in [0.29, 0.717) is 0 Å². The van der Waals surface area contributed by atoms with Crippen LogP contribution in [0, 0.1) is 5.53 Å². The molecule has 0 aromatic heterocycles. The second-order valence-corrected chi connectivity index (χ2v) is 3.21. The first-order valence-corrected chi connectivity index (χ1v) is 4.27. The van der Waals surface area contributed by atoms with E-state index in [1.165, 1.54) is 0 Å². The van der Waals surface area contributed by atoms with Crippen molar-refractivity contribution in [3.63, 3.8) is 0 Å². The van der Waals surface area contributed by atoms with Crippen LogP contribution in [0.15, 0.2) is 36.0 Å². The largest absolute Gasteiger partial charge is 0.209 e. The molecular weight excluding hydrogens is 160 g/mol. The number of benzene rings is 1. The molecule has 1 aromatic carbocycles. The maximum Gasteiger partial charge on any atom is 0.0927 e. The van der Waals surface area contributed by atoms with Gasteiger partial charge in [-0.25, -0.2) is 5.53 Å². The highest BCUT2D eigenvalue weighted by molar-refractivity contribution is 5.61. The summed E-state index contributed by atoms with van der Waals surface area (Å²) in [5.41, 5.74) is 10.2. The molecule has 0 aliphatic heterocycles. The van der Waals surface area contributed by atoms with Crippen molar-refractivity contribution in [3.8, 4) is 0 Å². The van der Waals surface area contributed by atoms with Crippen molar-refractivity contribution in [2.45, 2.75) is 19.9 Å².